The Morgan fingerprint density at radius 3 is 2.66 bits per heavy atom. The molecule has 0 aliphatic carbocycles. The summed E-state index contributed by atoms with van der Waals surface area (Å²) in [7, 11) is 0. The van der Waals surface area contributed by atoms with E-state index in [1.807, 2.05) is 19.1 Å². The van der Waals surface area contributed by atoms with Gasteiger partial charge < -0.3 is 14.5 Å². The molecular weight excluding hydrogens is 372 g/mol. The number of benzene rings is 1. The Labute approximate surface area is 167 Å². The number of esters is 1. The van der Waals surface area contributed by atoms with E-state index in [1.165, 1.54) is 6.07 Å². The fourth-order valence-corrected chi connectivity index (χ4v) is 2.79. The maximum Gasteiger partial charge on any atom is 0.349 e. The highest BCUT2D eigenvalue weighted by molar-refractivity contribution is 6.05. The number of carbonyl (C=O) groups excluding carboxylic acids is 2. The molecule has 0 atom stereocenters. The molecule has 0 radical (unpaired) electrons. The molecule has 7 nitrogen and oxygen atoms in total. The van der Waals surface area contributed by atoms with E-state index in [4.69, 9.17) is 9.15 Å². The molecule has 0 saturated heterocycles. The van der Waals surface area contributed by atoms with Gasteiger partial charge in [0.1, 0.15) is 12.2 Å². The molecule has 0 unspecified atom stereocenters. The monoisotopic (exact) mass is 394 g/mol. The van der Waals surface area contributed by atoms with Crippen molar-refractivity contribution in [2.24, 2.45) is 5.92 Å². The number of fused-ring (bicyclic) bond motifs is 1. The summed E-state index contributed by atoms with van der Waals surface area (Å²) in [4.78, 5) is 41.1. The summed E-state index contributed by atoms with van der Waals surface area (Å²) in [6, 6.07) is 8.70. The number of carbonyl (C=O) groups is 2. The molecule has 29 heavy (non-hydrogen) atoms. The maximum absolute atomic E-state index is 12.7. The highest BCUT2D eigenvalue weighted by Gasteiger charge is 2.18. The topological polar surface area (TPSA) is 98.5 Å². The summed E-state index contributed by atoms with van der Waals surface area (Å²) in [5.74, 6) is -1.20. The number of hydrogen-bond acceptors (Lipinski definition) is 6. The van der Waals surface area contributed by atoms with E-state index in [2.05, 4.69) is 10.3 Å². The molecule has 2 aromatic heterocycles. The second-order valence-electron chi connectivity index (χ2n) is 7.15. The van der Waals surface area contributed by atoms with Gasteiger partial charge in [-0.05, 0) is 37.6 Å². The smallest absolute Gasteiger partial charge is 0.349 e. The minimum absolute atomic E-state index is 0.0343. The number of rotatable bonds is 5. The first kappa shape index (κ1) is 20.3. The van der Waals surface area contributed by atoms with Crippen molar-refractivity contribution >= 4 is 28.5 Å². The lowest BCUT2D eigenvalue weighted by Gasteiger charge is -2.11. The average Bonchev–Trinajstić information content (AvgIpc) is 2.67. The minimum Gasteiger partial charge on any atom is -0.461 e. The molecule has 7 heteroatoms. The highest BCUT2D eigenvalue weighted by Crippen LogP contribution is 2.22. The van der Waals surface area contributed by atoms with Crippen LogP contribution in [0.2, 0.25) is 0 Å². The minimum atomic E-state index is -0.760. The van der Waals surface area contributed by atoms with Gasteiger partial charge in [-0.25, -0.2) is 4.79 Å². The molecule has 0 fully saturated rings. The zero-order valence-corrected chi connectivity index (χ0v) is 16.7. The Morgan fingerprint density at radius 2 is 1.97 bits per heavy atom. The SMILES string of the molecule is Cc1cccc(NC(=O)c2cc3c(COC(=O)C(C)C)cnc(C)c3oc2=O)c1. The van der Waals surface area contributed by atoms with Crippen molar-refractivity contribution in [2.75, 3.05) is 5.32 Å². The van der Waals surface area contributed by atoms with Crippen molar-refractivity contribution in [3.05, 3.63) is 69.3 Å². The van der Waals surface area contributed by atoms with E-state index in [0.29, 0.717) is 22.3 Å². The number of amides is 1. The largest absolute Gasteiger partial charge is 0.461 e. The van der Waals surface area contributed by atoms with Gasteiger partial charge in [-0.15, -0.1) is 0 Å². The Hall–Kier alpha value is -3.48. The summed E-state index contributed by atoms with van der Waals surface area (Å²) < 4.78 is 10.7. The van der Waals surface area contributed by atoms with Crippen LogP contribution < -0.4 is 10.9 Å². The predicted octanol–water partition coefficient (Wildman–Crippen LogP) is 3.76. The maximum atomic E-state index is 12.7. The lowest BCUT2D eigenvalue weighted by molar-refractivity contribution is -0.148. The Morgan fingerprint density at radius 1 is 1.21 bits per heavy atom. The number of ether oxygens (including phenoxy) is 1. The van der Waals surface area contributed by atoms with Gasteiger partial charge in [-0.1, -0.05) is 26.0 Å². The summed E-state index contributed by atoms with van der Waals surface area (Å²) in [6.45, 7) is 7.04. The van der Waals surface area contributed by atoms with E-state index in [0.717, 1.165) is 5.56 Å². The predicted molar refractivity (Wildman–Crippen MR) is 109 cm³/mol. The van der Waals surface area contributed by atoms with Crippen molar-refractivity contribution in [3.63, 3.8) is 0 Å². The van der Waals surface area contributed by atoms with Crippen LogP contribution in [0.25, 0.3) is 11.0 Å². The first-order chi connectivity index (χ1) is 13.8. The lowest BCUT2D eigenvalue weighted by Crippen LogP contribution is -2.21. The molecule has 3 rings (SSSR count). The van der Waals surface area contributed by atoms with Crippen LogP contribution in [-0.4, -0.2) is 16.9 Å². The Balaban J connectivity index is 1.99. The molecule has 1 N–H and O–H groups in total. The third kappa shape index (κ3) is 4.51. The van der Waals surface area contributed by atoms with Crippen LogP contribution in [0.1, 0.15) is 41.0 Å². The lowest BCUT2D eigenvalue weighted by atomic mass is 10.1. The van der Waals surface area contributed by atoms with Gasteiger partial charge in [0.2, 0.25) is 0 Å². The number of anilines is 1. The van der Waals surface area contributed by atoms with Gasteiger partial charge in [0.15, 0.2) is 5.58 Å². The molecule has 0 aliphatic rings. The average molecular weight is 394 g/mol. The molecule has 150 valence electrons. The molecule has 0 bridgehead atoms. The van der Waals surface area contributed by atoms with Gasteiger partial charge in [0.25, 0.3) is 5.91 Å². The van der Waals surface area contributed by atoms with Gasteiger partial charge in [0.05, 0.1) is 11.6 Å². The van der Waals surface area contributed by atoms with Crippen molar-refractivity contribution in [1.82, 2.24) is 4.98 Å². The van der Waals surface area contributed by atoms with Crippen molar-refractivity contribution in [3.8, 4) is 0 Å². The second-order valence-corrected chi connectivity index (χ2v) is 7.15. The van der Waals surface area contributed by atoms with Gasteiger partial charge in [-0.2, -0.15) is 0 Å². The Bertz CT molecular complexity index is 1150. The second kappa shape index (κ2) is 8.26. The van der Waals surface area contributed by atoms with Crippen LogP contribution in [0.15, 0.2) is 45.7 Å². The summed E-state index contributed by atoms with van der Waals surface area (Å²) in [5, 5.41) is 3.21. The van der Waals surface area contributed by atoms with Crippen molar-refractivity contribution in [1.29, 1.82) is 0 Å². The van der Waals surface area contributed by atoms with Crippen LogP contribution in [0, 0.1) is 19.8 Å². The number of aryl methyl sites for hydroxylation is 2. The molecule has 1 aromatic carbocycles. The fraction of sp³-hybridized carbons (Fsp3) is 0.273. The third-order valence-corrected chi connectivity index (χ3v) is 4.40. The molecule has 0 saturated carbocycles. The van der Waals surface area contributed by atoms with Gasteiger partial charge in [0, 0.05) is 22.8 Å². The van der Waals surface area contributed by atoms with Crippen molar-refractivity contribution < 1.29 is 18.7 Å². The number of hydrogen-bond donors (Lipinski definition) is 1. The van der Waals surface area contributed by atoms with E-state index >= 15 is 0 Å². The van der Waals surface area contributed by atoms with Gasteiger partial charge >= 0.3 is 11.6 Å². The van der Waals surface area contributed by atoms with Crippen LogP contribution in [0.3, 0.4) is 0 Å². The van der Waals surface area contributed by atoms with E-state index in [-0.39, 0.29) is 29.6 Å². The van der Waals surface area contributed by atoms with E-state index in [9.17, 15) is 14.4 Å². The van der Waals surface area contributed by atoms with Crippen LogP contribution in [0.4, 0.5) is 5.69 Å². The molecule has 0 aliphatic heterocycles. The fourth-order valence-electron chi connectivity index (χ4n) is 2.79. The number of nitrogens with zero attached hydrogens (tertiary/aromatic N) is 1. The molecule has 1 amide bonds. The van der Waals surface area contributed by atoms with E-state index < -0.39 is 11.5 Å². The molecule has 2 heterocycles. The zero-order valence-electron chi connectivity index (χ0n) is 16.7. The number of nitrogens with one attached hydrogen (secondary N) is 1. The summed E-state index contributed by atoms with van der Waals surface area (Å²) >= 11 is 0. The summed E-state index contributed by atoms with van der Waals surface area (Å²) in [6.07, 6.45) is 1.55. The zero-order chi connectivity index (χ0) is 21.1. The van der Waals surface area contributed by atoms with Gasteiger partial charge in [-0.3, -0.25) is 14.6 Å². The van der Waals surface area contributed by atoms with Crippen LogP contribution in [0.5, 0.6) is 0 Å². The normalized spacial score (nSPS) is 10.9. The number of pyridine rings is 1. The van der Waals surface area contributed by atoms with Crippen LogP contribution in [-0.2, 0) is 16.1 Å². The first-order valence-corrected chi connectivity index (χ1v) is 9.23. The quantitative estimate of drug-likeness (QED) is 0.662. The summed E-state index contributed by atoms with van der Waals surface area (Å²) in [5.41, 5.74) is 1.97. The third-order valence-electron chi connectivity index (χ3n) is 4.40. The Kier molecular flexibility index (Phi) is 5.77. The van der Waals surface area contributed by atoms with Crippen LogP contribution >= 0.6 is 0 Å². The standard InChI is InChI=1S/C22H22N2O5/c1-12(2)21(26)28-11-15-10-23-14(4)19-17(15)9-18(22(27)29-19)20(25)24-16-7-5-6-13(3)8-16/h5-10,12H,11H2,1-4H3,(H,24,25). The number of aromatic nitrogens is 1. The molecule has 0 spiro atoms. The first-order valence-electron chi connectivity index (χ1n) is 9.23. The highest BCUT2D eigenvalue weighted by atomic mass is 16.5. The molecule has 3 aromatic rings. The van der Waals surface area contributed by atoms with E-state index in [1.54, 1.807) is 39.1 Å². The van der Waals surface area contributed by atoms with Crippen molar-refractivity contribution in [2.45, 2.75) is 34.3 Å². The molecular formula is C22H22N2O5.